The maximum absolute atomic E-state index is 13.1. The highest BCUT2D eigenvalue weighted by atomic mass is 19.1. The number of hydrogen-bond donors (Lipinski definition) is 1. The molecule has 1 atom stereocenters. The second-order valence-electron chi connectivity index (χ2n) is 9.32. The van der Waals surface area contributed by atoms with Crippen LogP contribution in [0.4, 0.5) is 4.39 Å². The van der Waals surface area contributed by atoms with Crippen molar-refractivity contribution < 1.29 is 13.7 Å². The molecular weight excluding hydrogens is 407 g/mol. The molecule has 1 N–H and O–H groups in total. The van der Waals surface area contributed by atoms with Gasteiger partial charge in [0.05, 0.1) is 12.6 Å². The summed E-state index contributed by atoms with van der Waals surface area (Å²) in [6, 6.07) is 14.2. The van der Waals surface area contributed by atoms with Crippen LogP contribution in [0.1, 0.15) is 49.2 Å². The lowest BCUT2D eigenvalue weighted by atomic mass is 9.93. The van der Waals surface area contributed by atoms with Crippen LogP contribution in [0, 0.1) is 5.82 Å². The van der Waals surface area contributed by atoms with Crippen LogP contribution in [0.15, 0.2) is 53.1 Å². The first-order valence-electron chi connectivity index (χ1n) is 11.0. The summed E-state index contributed by atoms with van der Waals surface area (Å²) < 4.78 is 18.6. The monoisotopic (exact) mass is 436 g/mol. The number of halogens is 1. The minimum absolute atomic E-state index is 0.0304. The zero-order valence-electron chi connectivity index (χ0n) is 18.8. The summed E-state index contributed by atoms with van der Waals surface area (Å²) in [4.78, 5) is 19.8. The fraction of sp³-hybridized carbons (Fsp3) is 0.400. The standard InChI is InChI=1S/C25H29FN4O2/c1-25(2,3)24-28-22(32-29-24)16-30-15-19-7-5-4-6-18(19)14-21(30)23(31)27-13-12-17-8-10-20(26)11-9-17/h4-11,21H,12-16H2,1-3H3,(H,27,31). The van der Waals surface area contributed by atoms with Crippen molar-refractivity contribution in [3.05, 3.63) is 82.8 Å². The van der Waals surface area contributed by atoms with E-state index in [-0.39, 0.29) is 23.2 Å². The van der Waals surface area contributed by atoms with Gasteiger partial charge in [0.1, 0.15) is 5.82 Å². The molecule has 1 unspecified atom stereocenters. The van der Waals surface area contributed by atoms with E-state index in [1.54, 1.807) is 12.1 Å². The predicted octanol–water partition coefficient (Wildman–Crippen LogP) is 3.79. The molecule has 0 saturated heterocycles. The van der Waals surface area contributed by atoms with Crippen molar-refractivity contribution in [3.8, 4) is 0 Å². The molecule has 0 radical (unpaired) electrons. The molecule has 1 aliphatic rings. The highest BCUT2D eigenvalue weighted by Crippen LogP contribution is 2.26. The van der Waals surface area contributed by atoms with Gasteiger partial charge in [-0.1, -0.05) is 62.3 Å². The van der Waals surface area contributed by atoms with E-state index in [0.717, 1.165) is 5.56 Å². The van der Waals surface area contributed by atoms with Crippen LogP contribution < -0.4 is 5.32 Å². The van der Waals surface area contributed by atoms with Gasteiger partial charge in [0, 0.05) is 18.5 Å². The first-order chi connectivity index (χ1) is 15.3. The number of carbonyl (C=O) groups excluding carboxylic acids is 1. The fourth-order valence-corrected chi connectivity index (χ4v) is 3.90. The molecule has 0 fully saturated rings. The van der Waals surface area contributed by atoms with Crippen LogP contribution in [0.25, 0.3) is 0 Å². The lowest BCUT2D eigenvalue weighted by Gasteiger charge is -2.35. The summed E-state index contributed by atoms with van der Waals surface area (Å²) in [6.45, 7) is 7.65. The van der Waals surface area contributed by atoms with E-state index in [0.29, 0.717) is 44.2 Å². The van der Waals surface area contributed by atoms with E-state index in [2.05, 4.69) is 32.5 Å². The third kappa shape index (κ3) is 5.22. The minimum Gasteiger partial charge on any atom is -0.354 e. The van der Waals surface area contributed by atoms with Gasteiger partial charge in [-0.15, -0.1) is 0 Å². The van der Waals surface area contributed by atoms with Crippen LogP contribution in [0.3, 0.4) is 0 Å². The number of fused-ring (bicyclic) bond motifs is 1. The molecule has 1 aliphatic heterocycles. The largest absolute Gasteiger partial charge is 0.354 e. The van der Waals surface area contributed by atoms with Gasteiger partial charge >= 0.3 is 0 Å². The number of carbonyl (C=O) groups is 1. The number of nitrogens with zero attached hydrogens (tertiary/aromatic N) is 3. The molecule has 7 heteroatoms. The zero-order valence-corrected chi connectivity index (χ0v) is 18.8. The Labute approximate surface area is 187 Å². The maximum atomic E-state index is 13.1. The molecule has 0 saturated carbocycles. The van der Waals surface area contributed by atoms with Gasteiger partial charge in [0.25, 0.3) is 0 Å². The molecule has 6 nitrogen and oxygen atoms in total. The third-order valence-electron chi connectivity index (χ3n) is 5.75. The Morgan fingerprint density at radius 2 is 1.88 bits per heavy atom. The van der Waals surface area contributed by atoms with Crippen molar-refractivity contribution in [2.75, 3.05) is 6.54 Å². The molecule has 1 amide bonds. The van der Waals surface area contributed by atoms with Gasteiger partial charge in [0.15, 0.2) is 5.82 Å². The highest BCUT2D eigenvalue weighted by Gasteiger charge is 2.33. The molecular formula is C25H29FN4O2. The topological polar surface area (TPSA) is 71.3 Å². The third-order valence-corrected chi connectivity index (χ3v) is 5.75. The van der Waals surface area contributed by atoms with E-state index < -0.39 is 0 Å². The Morgan fingerprint density at radius 1 is 1.16 bits per heavy atom. The average molecular weight is 437 g/mol. The van der Waals surface area contributed by atoms with E-state index in [9.17, 15) is 9.18 Å². The molecule has 32 heavy (non-hydrogen) atoms. The van der Waals surface area contributed by atoms with E-state index in [1.807, 2.05) is 32.9 Å². The Balaban J connectivity index is 1.46. The summed E-state index contributed by atoms with van der Waals surface area (Å²) in [5.41, 5.74) is 3.17. The predicted molar refractivity (Wildman–Crippen MR) is 119 cm³/mol. The van der Waals surface area contributed by atoms with Crippen LogP contribution in [-0.4, -0.2) is 33.5 Å². The molecule has 2 aromatic carbocycles. The SMILES string of the molecule is CC(C)(C)c1noc(CN2Cc3ccccc3CC2C(=O)NCCc2ccc(F)cc2)n1. The Hall–Kier alpha value is -3.06. The van der Waals surface area contributed by atoms with Gasteiger partial charge < -0.3 is 9.84 Å². The normalized spacial score (nSPS) is 16.6. The minimum atomic E-state index is -0.330. The van der Waals surface area contributed by atoms with Crippen molar-refractivity contribution in [1.82, 2.24) is 20.4 Å². The Bertz CT molecular complexity index is 1070. The smallest absolute Gasteiger partial charge is 0.240 e. The highest BCUT2D eigenvalue weighted by molar-refractivity contribution is 5.82. The summed E-state index contributed by atoms with van der Waals surface area (Å²) in [5, 5.41) is 7.17. The van der Waals surface area contributed by atoms with Crippen molar-refractivity contribution in [2.24, 2.45) is 0 Å². The number of aromatic nitrogens is 2. The molecule has 4 rings (SSSR count). The second-order valence-corrected chi connectivity index (χ2v) is 9.32. The van der Waals surface area contributed by atoms with Crippen LogP contribution in [0.2, 0.25) is 0 Å². The molecule has 1 aromatic heterocycles. The number of rotatable bonds is 6. The van der Waals surface area contributed by atoms with Gasteiger partial charge in [-0.2, -0.15) is 4.98 Å². The molecule has 0 spiro atoms. The van der Waals surface area contributed by atoms with E-state index in [1.165, 1.54) is 23.3 Å². The van der Waals surface area contributed by atoms with Crippen LogP contribution >= 0.6 is 0 Å². The maximum Gasteiger partial charge on any atom is 0.240 e. The summed E-state index contributed by atoms with van der Waals surface area (Å²) in [7, 11) is 0. The number of nitrogens with one attached hydrogen (secondary N) is 1. The zero-order chi connectivity index (χ0) is 22.7. The van der Waals surface area contributed by atoms with Crippen LogP contribution in [-0.2, 0) is 36.1 Å². The van der Waals surface area contributed by atoms with Gasteiger partial charge in [-0.05, 0) is 41.7 Å². The molecule has 3 aromatic rings. The lowest BCUT2D eigenvalue weighted by Crippen LogP contribution is -2.50. The molecule has 168 valence electrons. The van der Waals surface area contributed by atoms with E-state index >= 15 is 0 Å². The molecule has 2 heterocycles. The first-order valence-corrected chi connectivity index (χ1v) is 11.0. The molecule has 0 bridgehead atoms. The van der Waals surface area contributed by atoms with Gasteiger partial charge in [-0.25, -0.2) is 4.39 Å². The Morgan fingerprint density at radius 3 is 2.56 bits per heavy atom. The van der Waals surface area contributed by atoms with Gasteiger partial charge in [0.2, 0.25) is 11.8 Å². The quantitative estimate of drug-likeness (QED) is 0.637. The van der Waals surface area contributed by atoms with Gasteiger partial charge in [-0.3, -0.25) is 9.69 Å². The summed E-state index contributed by atoms with van der Waals surface area (Å²) in [5.74, 6) is 0.880. The van der Waals surface area contributed by atoms with Crippen molar-refractivity contribution in [3.63, 3.8) is 0 Å². The molecule has 0 aliphatic carbocycles. The lowest BCUT2D eigenvalue weighted by molar-refractivity contribution is -0.127. The van der Waals surface area contributed by atoms with Crippen LogP contribution in [0.5, 0.6) is 0 Å². The van der Waals surface area contributed by atoms with Crippen molar-refractivity contribution >= 4 is 5.91 Å². The first kappa shape index (κ1) is 22.1. The number of amides is 1. The second kappa shape index (κ2) is 9.20. The van der Waals surface area contributed by atoms with Crippen molar-refractivity contribution in [2.45, 2.75) is 58.2 Å². The van der Waals surface area contributed by atoms with E-state index in [4.69, 9.17) is 4.52 Å². The number of hydrogen-bond acceptors (Lipinski definition) is 5. The summed E-state index contributed by atoms with van der Waals surface area (Å²) in [6.07, 6.45) is 1.27. The van der Waals surface area contributed by atoms with Crippen molar-refractivity contribution in [1.29, 1.82) is 0 Å². The average Bonchev–Trinajstić information content (AvgIpc) is 3.24. The fourth-order valence-electron chi connectivity index (χ4n) is 3.90. The summed E-state index contributed by atoms with van der Waals surface area (Å²) >= 11 is 0. The number of benzene rings is 2. The Kier molecular flexibility index (Phi) is 6.37.